The number of benzene rings is 1. The maximum Gasteiger partial charge on any atom is 0.212 e. The Morgan fingerprint density at radius 3 is 2.67 bits per heavy atom. The average molecular weight is 372 g/mol. The first-order valence-electron chi connectivity index (χ1n) is 5.56. The van der Waals surface area contributed by atoms with Crippen LogP contribution in [0.1, 0.15) is 28.5 Å². The van der Waals surface area contributed by atoms with Gasteiger partial charge in [0.25, 0.3) is 0 Å². The van der Waals surface area contributed by atoms with Crippen molar-refractivity contribution >= 4 is 37.6 Å². The summed E-state index contributed by atoms with van der Waals surface area (Å²) in [6.45, 7) is 4.60. The molecule has 0 amide bonds. The third-order valence-electron chi connectivity index (χ3n) is 2.73. The lowest BCUT2D eigenvalue weighted by Crippen LogP contribution is -2.11. The second-order valence-electron chi connectivity index (χ2n) is 3.95. The highest BCUT2D eigenvalue weighted by molar-refractivity contribution is 9.10. The van der Waals surface area contributed by atoms with Crippen LogP contribution in [-0.4, -0.2) is 15.6 Å². The van der Waals surface area contributed by atoms with Gasteiger partial charge in [-0.05, 0) is 53.5 Å². The van der Waals surface area contributed by atoms with Crippen molar-refractivity contribution in [3.8, 4) is 0 Å². The van der Waals surface area contributed by atoms with E-state index in [1.807, 2.05) is 32.0 Å². The smallest absolute Gasteiger partial charge is 0.212 e. The number of rotatable bonds is 3. The fourth-order valence-electron chi connectivity index (χ4n) is 1.75. The molecular weight excluding hydrogens is 360 g/mol. The Labute approximate surface area is 122 Å². The van der Waals surface area contributed by atoms with Crippen LogP contribution in [0.2, 0.25) is 0 Å². The second kappa shape index (κ2) is 5.36. The summed E-state index contributed by atoms with van der Waals surface area (Å²) in [6.07, 6.45) is 1.66. The minimum atomic E-state index is -0.0168. The fourth-order valence-corrected chi connectivity index (χ4v) is 2.47. The van der Waals surface area contributed by atoms with Crippen LogP contribution in [0.4, 0.5) is 0 Å². The number of carbonyl (C=O) groups is 1. The van der Waals surface area contributed by atoms with Crippen molar-refractivity contribution in [2.75, 3.05) is 0 Å². The molecule has 0 aliphatic rings. The van der Waals surface area contributed by atoms with Gasteiger partial charge in [-0.3, -0.25) is 9.48 Å². The molecule has 0 aliphatic carbocycles. The molecule has 0 fully saturated rings. The summed E-state index contributed by atoms with van der Waals surface area (Å²) in [6, 6.07) is 5.59. The van der Waals surface area contributed by atoms with Gasteiger partial charge in [-0.1, -0.05) is 15.9 Å². The van der Waals surface area contributed by atoms with E-state index in [1.54, 1.807) is 10.9 Å². The lowest BCUT2D eigenvalue weighted by atomic mass is 10.1. The average Bonchev–Trinajstić information content (AvgIpc) is 2.73. The first-order valence-corrected chi connectivity index (χ1v) is 7.15. The Kier molecular flexibility index (Phi) is 4.02. The Balaban J connectivity index is 2.47. The minimum Gasteiger partial charge on any atom is -0.287 e. The number of ketones is 1. The molecule has 0 N–H and O–H groups in total. The van der Waals surface area contributed by atoms with Gasteiger partial charge in [0.15, 0.2) is 0 Å². The molecule has 0 bridgehead atoms. The summed E-state index contributed by atoms with van der Waals surface area (Å²) < 4.78 is 3.43. The Hall–Kier alpha value is -0.940. The summed E-state index contributed by atoms with van der Waals surface area (Å²) in [4.78, 5) is 12.5. The van der Waals surface area contributed by atoms with Crippen LogP contribution < -0.4 is 0 Å². The van der Waals surface area contributed by atoms with Crippen LogP contribution in [0.15, 0.2) is 33.3 Å². The number of nitrogens with zero attached hydrogens (tertiary/aromatic N) is 2. The van der Waals surface area contributed by atoms with Crippen LogP contribution in [0.3, 0.4) is 0 Å². The monoisotopic (exact) mass is 370 g/mol. The van der Waals surface area contributed by atoms with Gasteiger partial charge in [0.05, 0.1) is 10.7 Å². The van der Waals surface area contributed by atoms with E-state index in [0.29, 0.717) is 17.8 Å². The van der Waals surface area contributed by atoms with E-state index in [0.717, 1.165) is 14.5 Å². The van der Waals surface area contributed by atoms with Crippen molar-refractivity contribution in [1.29, 1.82) is 0 Å². The molecule has 3 nitrogen and oxygen atoms in total. The van der Waals surface area contributed by atoms with E-state index in [2.05, 4.69) is 37.0 Å². The van der Waals surface area contributed by atoms with E-state index in [-0.39, 0.29) is 5.78 Å². The van der Waals surface area contributed by atoms with E-state index in [1.165, 1.54) is 0 Å². The predicted octanol–water partition coefficient (Wildman–Crippen LogP) is 3.97. The Morgan fingerprint density at radius 2 is 2.06 bits per heavy atom. The fraction of sp³-hybridized carbons (Fsp3) is 0.231. The first kappa shape index (κ1) is 13.5. The molecule has 5 heteroatoms. The highest BCUT2D eigenvalue weighted by atomic mass is 79.9. The molecule has 0 spiro atoms. The quantitative estimate of drug-likeness (QED) is 0.765. The van der Waals surface area contributed by atoms with E-state index < -0.39 is 0 Å². The Bertz CT molecular complexity index is 605. The normalized spacial score (nSPS) is 10.7. The summed E-state index contributed by atoms with van der Waals surface area (Å²) >= 11 is 6.81. The van der Waals surface area contributed by atoms with Crippen molar-refractivity contribution in [2.45, 2.75) is 20.4 Å². The molecule has 0 unspecified atom stereocenters. The van der Waals surface area contributed by atoms with Gasteiger partial charge in [0, 0.05) is 16.6 Å². The minimum absolute atomic E-state index is 0.0168. The van der Waals surface area contributed by atoms with E-state index in [9.17, 15) is 4.79 Å². The van der Waals surface area contributed by atoms with Gasteiger partial charge in [-0.2, -0.15) is 5.10 Å². The van der Waals surface area contributed by atoms with Crippen LogP contribution in [-0.2, 0) is 6.54 Å². The van der Waals surface area contributed by atoms with Crippen LogP contribution in [0.5, 0.6) is 0 Å². The van der Waals surface area contributed by atoms with Crippen LogP contribution in [0.25, 0.3) is 0 Å². The number of hydrogen-bond acceptors (Lipinski definition) is 2. The highest BCUT2D eigenvalue weighted by Crippen LogP contribution is 2.23. The second-order valence-corrected chi connectivity index (χ2v) is 5.66. The lowest BCUT2D eigenvalue weighted by molar-refractivity contribution is 0.102. The molecule has 1 heterocycles. The van der Waals surface area contributed by atoms with Crippen molar-refractivity contribution in [3.05, 3.63) is 50.2 Å². The van der Waals surface area contributed by atoms with Crippen molar-refractivity contribution in [3.63, 3.8) is 0 Å². The number of halogens is 2. The molecule has 0 aliphatic heterocycles. The summed E-state index contributed by atoms with van der Waals surface area (Å²) in [7, 11) is 0. The molecular formula is C13H12Br2N2O. The predicted molar refractivity (Wildman–Crippen MR) is 77.9 cm³/mol. The van der Waals surface area contributed by atoms with Gasteiger partial charge >= 0.3 is 0 Å². The zero-order valence-corrected chi connectivity index (χ0v) is 13.2. The summed E-state index contributed by atoms with van der Waals surface area (Å²) in [5, 5.41) is 4.16. The van der Waals surface area contributed by atoms with Gasteiger partial charge in [0.1, 0.15) is 5.69 Å². The molecule has 1 aromatic carbocycles. The SMILES string of the molecule is CCn1ncc(Br)c1C(=O)c1ccc(Br)c(C)c1. The molecule has 18 heavy (non-hydrogen) atoms. The van der Waals surface area contributed by atoms with Gasteiger partial charge < -0.3 is 0 Å². The largest absolute Gasteiger partial charge is 0.287 e. The van der Waals surface area contributed by atoms with Gasteiger partial charge in [-0.15, -0.1) is 0 Å². The zero-order valence-electron chi connectivity index (χ0n) is 10.1. The molecule has 0 atom stereocenters. The first-order chi connectivity index (χ1) is 8.54. The zero-order chi connectivity index (χ0) is 13.3. The number of aromatic nitrogens is 2. The maximum absolute atomic E-state index is 12.5. The molecule has 0 saturated carbocycles. The molecule has 1 aromatic heterocycles. The molecule has 0 radical (unpaired) electrons. The number of carbonyl (C=O) groups excluding carboxylic acids is 1. The summed E-state index contributed by atoms with van der Waals surface area (Å²) in [5.41, 5.74) is 2.31. The molecule has 94 valence electrons. The van der Waals surface area contributed by atoms with Gasteiger partial charge in [0.2, 0.25) is 5.78 Å². The highest BCUT2D eigenvalue weighted by Gasteiger charge is 2.18. The number of aryl methyl sites for hydroxylation is 2. The van der Waals surface area contributed by atoms with Crippen LogP contribution >= 0.6 is 31.9 Å². The lowest BCUT2D eigenvalue weighted by Gasteiger charge is -2.06. The molecule has 2 rings (SSSR count). The van der Waals surface area contributed by atoms with Crippen molar-refractivity contribution in [2.24, 2.45) is 0 Å². The molecule has 2 aromatic rings. The third kappa shape index (κ3) is 2.42. The van der Waals surface area contributed by atoms with Crippen molar-refractivity contribution < 1.29 is 4.79 Å². The summed E-state index contributed by atoms with van der Waals surface area (Å²) in [5.74, 6) is -0.0168. The van der Waals surface area contributed by atoms with E-state index >= 15 is 0 Å². The van der Waals surface area contributed by atoms with Crippen LogP contribution in [0, 0.1) is 6.92 Å². The molecule has 0 saturated heterocycles. The maximum atomic E-state index is 12.5. The third-order valence-corrected chi connectivity index (χ3v) is 4.20. The van der Waals surface area contributed by atoms with Gasteiger partial charge in [-0.25, -0.2) is 0 Å². The van der Waals surface area contributed by atoms with E-state index in [4.69, 9.17) is 0 Å². The Morgan fingerprint density at radius 1 is 1.33 bits per heavy atom. The van der Waals surface area contributed by atoms with Crippen molar-refractivity contribution in [1.82, 2.24) is 9.78 Å². The standard InChI is InChI=1S/C13H12Br2N2O/c1-3-17-12(11(15)7-16-17)13(18)9-4-5-10(14)8(2)6-9/h4-7H,3H2,1-2H3. The number of hydrogen-bond donors (Lipinski definition) is 0. The topological polar surface area (TPSA) is 34.9 Å².